The third kappa shape index (κ3) is 5.53. The third-order valence-corrected chi connectivity index (χ3v) is 3.51. The number of methoxy groups -OCH3 is 1. The van der Waals surface area contributed by atoms with Crippen LogP contribution in [0.4, 0.5) is 0 Å². The average molecular weight is 342 g/mol. The number of carbonyl (C=O) groups is 2. The predicted octanol–water partition coefficient (Wildman–Crippen LogP) is 2.14. The Kier molecular flexibility index (Phi) is 6.83. The van der Waals surface area contributed by atoms with Crippen molar-refractivity contribution < 1.29 is 19.1 Å². The fourth-order valence-electron chi connectivity index (χ4n) is 2.24. The zero-order chi connectivity index (χ0) is 18.1. The Labute approximate surface area is 147 Å². The molecule has 25 heavy (non-hydrogen) atoms. The van der Waals surface area contributed by atoms with Crippen LogP contribution in [0.1, 0.15) is 22.8 Å². The first-order valence-electron chi connectivity index (χ1n) is 8.03. The second-order valence-corrected chi connectivity index (χ2v) is 5.23. The molecule has 0 unspecified atom stereocenters. The van der Waals surface area contributed by atoms with Gasteiger partial charge in [0.25, 0.3) is 5.91 Å². The molecule has 0 atom stereocenters. The molecule has 0 aliphatic carbocycles. The van der Waals surface area contributed by atoms with Gasteiger partial charge in [-0.05, 0) is 37.3 Å². The Balaban J connectivity index is 1.80. The third-order valence-electron chi connectivity index (χ3n) is 3.51. The molecular weight excluding hydrogens is 320 g/mol. The maximum absolute atomic E-state index is 12.0. The summed E-state index contributed by atoms with van der Waals surface area (Å²) in [6, 6.07) is 14.2. The zero-order valence-electron chi connectivity index (χ0n) is 14.4. The number of carbonyl (C=O) groups excluding carboxylic acids is 2. The van der Waals surface area contributed by atoms with Gasteiger partial charge in [-0.15, -0.1) is 0 Å². The quantitative estimate of drug-likeness (QED) is 0.771. The van der Waals surface area contributed by atoms with Gasteiger partial charge in [0.1, 0.15) is 11.5 Å². The minimum absolute atomic E-state index is 0.0960. The van der Waals surface area contributed by atoms with Crippen LogP contribution in [0, 0.1) is 0 Å². The lowest BCUT2D eigenvalue weighted by Crippen LogP contribution is -2.36. The van der Waals surface area contributed by atoms with Crippen molar-refractivity contribution in [3.8, 4) is 11.5 Å². The van der Waals surface area contributed by atoms with Crippen molar-refractivity contribution in [2.45, 2.75) is 13.5 Å². The minimum atomic E-state index is -0.310. The van der Waals surface area contributed by atoms with E-state index in [1.165, 1.54) is 0 Å². The van der Waals surface area contributed by atoms with Crippen molar-refractivity contribution >= 4 is 11.8 Å². The van der Waals surface area contributed by atoms with Gasteiger partial charge in [0.05, 0.1) is 20.3 Å². The molecule has 0 spiro atoms. The van der Waals surface area contributed by atoms with Gasteiger partial charge in [0, 0.05) is 17.7 Å². The Hall–Kier alpha value is -3.02. The van der Waals surface area contributed by atoms with E-state index in [1.54, 1.807) is 31.4 Å². The van der Waals surface area contributed by atoms with Crippen LogP contribution in [0.2, 0.25) is 0 Å². The van der Waals surface area contributed by atoms with E-state index in [0.29, 0.717) is 30.2 Å². The number of benzene rings is 2. The van der Waals surface area contributed by atoms with E-state index in [1.807, 2.05) is 31.2 Å². The molecule has 2 amide bonds. The van der Waals surface area contributed by atoms with Gasteiger partial charge in [-0.2, -0.15) is 0 Å². The zero-order valence-corrected chi connectivity index (χ0v) is 14.4. The van der Waals surface area contributed by atoms with E-state index >= 15 is 0 Å². The Morgan fingerprint density at radius 1 is 1.00 bits per heavy atom. The summed E-state index contributed by atoms with van der Waals surface area (Å²) in [6.07, 6.45) is 0. The number of hydrogen-bond acceptors (Lipinski definition) is 4. The number of rotatable bonds is 8. The Morgan fingerprint density at radius 2 is 1.72 bits per heavy atom. The minimum Gasteiger partial charge on any atom is -0.496 e. The summed E-state index contributed by atoms with van der Waals surface area (Å²) in [5.41, 5.74) is 1.34. The van der Waals surface area contributed by atoms with Crippen LogP contribution in [0.15, 0.2) is 48.5 Å². The highest BCUT2D eigenvalue weighted by atomic mass is 16.5. The highest BCUT2D eigenvalue weighted by molar-refractivity contribution is 5.96. The van der Waals surface area contributed by atoms with Crippen LogP contribution in [-0.4, -0.2) is 32.1 Å². The summed E-state index contributed by atoms with van der Waals surface area (Å²) >= 11 is 0. The maximum atomic E-state index is 12.0. The Morgan fingerprint density at radius 3 is 2.40 bits per heavy atom. The molecule has 6 heteroatoms. The van der Waals surface area contributed by atoms with Crippen molar-refractivity contribution in [3.05, 3.63) is 59.7 Å². The molecule has 0 fully saturated rings. The van der Waals surface area contributed by atoms with Crippen molar-refractivity contribution in [3.63, 3.8) is 0 Å². The number of para-hydroxylation sites is 1. The highest BCUT2D eigenvalue weighted by Crippen LogP contribution is 2.16. The molecule has 0 saturated carbocycles. The molecule has 0 saturated heterocycles. The van der Waals surface area contributed by atoms with Gasteiger partial charge in [-0.3, -0.25) is 9.59 Å². The lowest BCUT2D eigenvalue weighted by molar-refractivity contribution is -0.120. The molecule has 2 aromatic rings. The van der Waals surface area contributed by atoms with Crippen molar-refractivity contribution in [1.82, 2.24) is 10.6 Å². The fraction of sp³-hybridized carbons (Fsp3) is 0.263. The summed E-state index contributed by atoms with van der Waals surface area (Å²) in [7, 11) is 1.58. The molecule has 6 nitrogen and oxygen atoms in total. The maximum Gasteiger partial charge on any atom is 0.251 e. The van der Waals surface area contributed by atoms with Gasteiger partial charge in [-0.25, -0.2) is 0 Å². The highest BCUT2D eigenvalue weighted by Gasteiger charge is 2.09. The van der Waals surface area contributed by atoms with Crippen molar-refractivity contribution in [1.29, 1.82) is 0 Å². The summed E-state index contributed by atoms with van der Waals surface area (Å²) in [5, 5.41) is 5.34. The number of amides is 2. The topological polar surface area (TPSA) is 76.7 Å². The molecule has 2 rings (SSSR count). The normalized spacial score (nSPS) is 10.0. The van der Waals surface area contributed by atoms with Crippen molar-refractivity contribution in [2.75, 3.05) is 20.3 Å². The standard InChI is InChI=1S/C19H22N2O4/c1-3-25-16-10-8-14(9-11-16)19(23)21-13-18(22)20-12-15-6-4-5-7-17(15)24-2/h4-11H,3,12-13H2,1-2H3,(H,20,22)(H,21,23). The van der Waals surface area contributed by atoms with Gasteiger partial charge < -0.3 is 20.1 Å². The molecule has 132 valence electrons. The first-order valence-corrected chi connectivity index (χ1v) is 8.03. The molecule has 2 aromatic carbocycles. The van der Waals surface area contributed by atoms with Crippen LogP contribution in [0.25, 0.3) is 0 Å². The number of hydrogen-bond donors (Lipinski definition) is 2. The van der Waals surface area contributed by atoms with Crippen LogP contribution in [0.3, 0.4) is 0 Å². The number of ether oxygens (including phenoxy) is 2. The van der Waals surface area contributed by atoms with Gasteiger partial charge in [0.15, 0.2) is 0 Å². The van der Waals surface area contributed by atoms with E-state index in [9.17, 15) is 9.59 Å². The molecule has 0 radical (unpaired) electrons. The second-order valence-electron chi connectivity index (χ2n) is 5.23. The SMILES string of the molecule is CCOc1ccc(C(=O)NCC(=O)NCc2ccccc2OC)cc1. The predicted molar refractivity (Wildman–Crippen MR) is 94.8 cm³/mol. The molecule has 2 N–H and O–H groups in total. The van der Waals surface area contributed by atoms with Gasteiger partial charge >= 0.3 is 0 Å². The summed E-state index contributed by atoms with van der Waals surface area (Å²) < 4.78 is 10.6. The van der Waals surface area contributed by atoms with E-state index in [4.69, 9.17) is 9.47 Å². The van der Waals surface area contributed by atoms with E-state index in [-0.39, 0.29) is 18.4 Å². The van der Waals surface area contributed by atoms with Crippen LogP contribution >= 0.6 is 0 Å². The molecule has 0 heterocycles. The molecule has 0 aliphatic heterocycles. The van der Waals surface area contributed by atoms with E-state index in [0.717, 1.165) is 5.56 Å². The second kappa shape index (κ2) is 9.32. The smallest absolute Gasteiger partial charge is 0.251 e. The first kappa shape index (κ1) is 18.3. The molecular formula is C19H22N2O4. The van der Waals surface area contributed by atoms with Crippen molar-refractivity contribution in [2.24, 2.45) is 0 Å². The van der Waals surface area contributed by atoms with Crippen LogP contribution in [0.5, 0.6) is 11.5 Å². The molecule has 0 bridgehead atoms. The fourth-order valence-corrected chi connectivity index (χ4v) is 2.24. The average Bonchev–Trinajstić information content (AvgIpc) is 2.65. The lowest BCUT2D eigenvalue weighted by Gasteiger charge is -2.10. The molecule has 0 aliphatic rings. The summed E-state index contributed by atoms with van der Waals surface area (Å²) in [5.74, 6) is 0.829. The molecule has 0 aromatic heterocycles. The van der Waals surface area contributed by atoms with E-state index < -0.39 is 0 Å². The van der Waals surface area contributed by atoms with Gasteiger partial charge in [-0.1, -0.05) is 18.2 Å². The van der Waals surface area contributed by atoms with E-state index in [2.05, 4.69) is 10.6 Å². The van der Waals surface area contributed by atoms with Crippen LogP contribution in [-0.2, 0) is 11.3 Å². The monoisotopic (exact) mass is 342 g/mol. The Bertz CT molecular complexity index is 714. The number of nitrogens with one attached hydrogen (secondary N) is 2. The lowest BCUT2D eigenvalue weighted by atomic mass is 10.2. The first-order chi connectivity index (χ1) is 12.1. The summed E-state index contributed by atoms with van der Waals surface area (Å²) in [4.78, 5) is 23.9. The van der Waals surface area contributed by atoms with Gasteiger partial charge in [0.2, 0.25) is 5.91 Å². The largest absolute Gasteiger partial charge is 0.496 e. The van der Waals surface area contributed by atoms with Crippen LogP contribution < -0.4 is 20.1 Å². The summed E-state index contributed by atoms with van der Waals surface area (Å²) in [6.45, 7) is 2.70.